The van der Waals surface area contributed by atoms with Crippen LogP contribution in [0.15, 0.2) is 24.3 Å². The van der Waals surface area contributed by atoms with Gasteiger partial charge in [-0.05, 0) is 38.1 Å². The Bertz CT molecular complexity index is 415. The minimum atomic E-state index is 0.428. The SMILES string of the molecule is CCc1ccc(C(CN2CCN(C)C(CC)C2)NC)cc1. The van der Waals surface area contributed by atoms with Gasteiger partial charge in [0.25, 0.3) is 0 Å². The van der Waals surface area contributed by atoms with Gasteiger partial charge in [0.15, 0.2) is 0 Å². The van der Waals surface area contributed by atoms with E-state index in [4.69, 9.17) is 0 Å². The van der Waals surface area contributed by atoms with Crippen molar-refractivity contribution in [3.05, 3.63) is 35.4 Å². The minimum Gasteiger partial charge on any atom is -0.312 e. The van der Waals surface area contributed by atoms with E-state index >= 15 is 0 Å². The number of piperazine rings is 1. The molecular weight excluding hydrogens is 258 g/mol. The molecule has 1 aromatic rings. The van der Waals surface area contributed by atoms with Crippen LogP contribution in [-0.2, 0) is 6.42 Å². The van der Waals surface area contributed by atoms with E-state index in [1.807, 2.05) is 0 Å². The Balaban J connectivity index is 1.98. The van der Waals surface area contributed by atoms with E-state index < -0.39 is 0 Å². The van der Waals surface area contributed by atoms with Crippen LogP contribution in [-0.4, -0.2) is 56.1 Å². The second-order valence-electron chi connectivity index (χ2n) is 6.24. The van der Waals surface area contributed by atoms with Crippen molar-refractivity contribution in [3.63, 3.8) is 0 Å². The van der Waals surface area contributed by atoms with E-state index in [2.05, 4.69) is 67.3 Å². The highest BCUT2D eigenvalue weighted by Gasteiger charge is 2.24. The van der Waals surface area contributed by atoms with Crippen molar-refractivity contribution in [1.82, 2.24) is 15.1 Å². The third-order valence-electron chi connectivity index (χ3n) is 4.91. The van der Waals surface area contributed by atoms with Crippen molar-refractivity contribution >= 4 is 0 Å². The zero-order chi connectivity index (χ0) is 15.2. The van der Waals surface area contributed by atoms with Gasteiger partial charge in [-0.3, -0.25) is 4.90 Å². The third kappa shape index (κ3) is 4.29. The Morgan fingerprint density at radius 1 is 1.19 bits per heavy atom. The largest absolute Gasteiger partial charge is 0.312 e. The van der Waals surface area contributed by atoms with Gasteiger partial charge in [0.05, 0.1) is 0 Å². The molecule has 21 heavy (non-hydrogen) atoms. The van der Waals surface area contributed by atoms with Crippen LogP contribution in [0.5, 0.6) is 0 Å². The zero-order valence-corrected chi connectivity index (χ0v) is 14.1. The van der Waals surface area contributed by atoms with Gasteiger partial charge in [-0.25, -0.2) is 0 Å². The quantitative estimate of drug-likeness (QED) is 0.868. The molecule has 1 heterocycles. The van der Waals surface area contributed by atoms with Crippen LogP contribution < -0.4 is 5.32 Å². The highest BCUT2D eigenvalue weighted by atomic mass is 15.3. The standard InChI is InChI=1S/C18H31N3/c1-5-15-7-9-16(10-8-15)18(19-3)14-21-12-11-20(4)17(6-2)13-21/h7-10,17-19H,5-6,11-14H2,1-4H3. The molecule has 2 unspecified atom stereocenters. The fourth-order valence-electron chi connectivity index (χ4n) is 3.22. The van der Waals surface area contributed by atoms with E-state index in [0.29, 0.717) is 12.1 Å². The van der Waals surface area contributed by atoms with Gasteiger partial charge >= 0.3 is 0 Å². The van der Waals surface area contributed by atoms with Gasteiger partial charge < -0.3 is 10.2 Å². The first kappa shape index (κ1) is 16.5. The summed E-state index contributed by atoms with van der Waals surface area (Å²) in [7, 11) is 4.33. The first-order valence-corrected chi connectivity index (χ1v) is 8.36. The number of hydrogen-bond acceptors (Lipinski definition) is 3. The van der Waals surface area contributed by atoms with E-state index in [1.165, 1.54) is 37.2 Å². The molecule has 1 N–H and O–H groups in total. The Hall–Kier alpha value is -0.900. The molecule has 3 heteroatoms. The molecule has 0 aliphatic carbocycles. The molecule has 1 aliphatic rings. The molecule has 3 nitrogen and oxygen atoms in total. The van der Waals surface area contributed by atoms with Crippen molar-refractivity contribution in [3.8, 4) is 0 Å². The Morgan fingerprint density at radius 2 is 1.90 bits per heavy atom. The van der Waals surface area contributed by atoms with Crippen molar-refractivity contribution < 1.29 is 0 Å². The molecule has 2 atom stereocenters. The molecule has 0 radical (unpaired) electrons. The molecule has 0 spiro atoms. The number of nitrogens with zero attached hydrogens (tertiary/aromatic N) is 2. The summed E-state index contributed by atoms with van der Waals surface area (Å²) in [5.41, 5.74) is 2.82. The molecule has 2 rings (SSSR count). The average molecular weight is 289 g/mol. The normalized spacial score (nSPS) is 22.4. The van der Waals surface area contributed by atoms with Gasteiger partial charge in [-0.2, -0.15) is 0 Å². The van der Waals surface area contributed by atoms with Crippen LogP contribution in [0.25, 0.3) is 0 Å². The summed E-state index contributed by atoms with van der Waals surface area (Å²) < 4.78 is 0. The molecule has 1 aliphatic heterocycles. The smallest absolute Gasteiger partial charge is 0.0446 e. The zero-order valence-electron chi connectivity index (χ0n) is 14.1. The topological polar surface area (TPSA) is 18.5 Å². The van der Waals surface area contributed by atoms with Crippen molar-refractivity contribution in [1.29, 1.82) is 0 Å². The predicted octanol–water partition coefficient (Wildman–Crippen LogP) is 2.54. The summed E-state index contributed by atoms with van der Waals surface area (Å²) in [6, 6.07) is 10.2. The molecule has 118 valence electrons. The van der Waals surface area contributed by atoms with Gasteiger partial charge in [0.2, 0.25) is 0 Å². The molecule has 1 aromatic carbocycles. The van der Waals surface area contributed by atoms with Crippen molar-refractivity contribution in [2.75, 3.05) is 40.3 Å². The lowest BCUT2D eigenvalue weighted by atomic mass is 10.0. The molecular formula is C18H31N3. The fraction of sp³-hybridized carbons (Fsp3) is 0.667. The fourth-order valence-corrected chi connectivity index (χ4v) is 3.22. The summed E-state index contributed by atoms with van der Waals surface area (Å²) in [6.07, 6.45) is 2.35. The van der Waals surface area contributed by atoms with E-state index in [0.717, 1.165) is 13.0 Å². The van der Waals surface area contributed by atoms with Gasteiger partial charge in [0.1, 0.15) is 0 Å². The Labute approximate surface area is 130 Å². The lowest BCUT2D eigenvalue weighted by Gasteiger charge is -2.40. The van der Waals surface area contributed by atoms with Gasteiger partial charge in [-0.15, -0.1) is 0 Å². The second-order valence-corrected chi connectivity index (χ2v) is 6.24. The maximum atomic E-state index is 3.49. The van der Waals surface area contributed by atoms with Gasteiger partial charge in [-0.1, -0.05) is 38.1 Å². The van der Waals surface area contributed by atoms with Gasteiger partial charge in [0, 0.05) is 38.3 Å². The van der Waals surface area contributed by atoms with Crippen LogP contribution in [0, 0.1) is 0 Å². The molecule has 0 aromatic heterocycles. The number of likely N-dealkylation sites (N-methyl/N-ethyl adjacent to an activating group) is 2. The Morgan fingerprint density at radius 3 is 2.48 bits per heavy atom. The number of nitrogens with one attached hydrogen (secondary N) is 1. The summed E-state index contributed by atoms with van der Waals surface area (Å²) in [6.45, 7) is 9.16. The number of aryl methyl sites for hydroxylation is 1. The van der Waals surface area contributed by atoms with Crippen LogP contribution in [0.3, 0.4) is 0 Å². The van der Waals surface area contributed by atoms with E-state index in [-0.39, 0.29) is 0 Å². The summed E-state index contributed by atoms with van der Waals surface area (Å²) in [5, 5.41) is 3.49. The van der Waals surface area contributed by atoms with Crippen molar-refractivity contribution in [2.45, 2.75) is 38.8 Å². The molecule has 1 fully saturated rings. The van der Waals surface area contributed by atoms with E-state index in [1.54, 1.807) is 0 Å². The molecule has 0 amide bonds. The number of hydrogen-bond donors (Lipinski definition) is 1. The molecule has 0 saturated carbocycles. The highest BCUT2D eigenvalue weighted by molar-refractivity contribution is 5.25. The number of rotatable bonds is 6. The summed E-state index contributed by atoms with van der Waals surface area (Å²) >= 11 is 0. The van der Waals surface area contributed by atoms with E-state index in [9.17, 15) is 0 Å². The maximum Gasteiger partial charge on any atom is 0.0446 e. The summed E-state index contributed by atoms with van der Waals surface area (Å²) in [4.78, 5) is 5.12. The first-order chi connectivity index (χ1) is 10.2. The Kier molecular flexibility index (Phi) is 6.22. The molecule has 0 bridgehead atoms. The maximum absolute atomic E-state index is 3.49. The predicted molar refractivity (Wildman–Crippen MR) is 90.8 cm³/mol. The lowest BCUT2D eigenvalue weighted by molar-refractivity contribution is 0.0865. The van der Waals surface area contributed by atoms with Crippen LogP contribution in [0.4, 0.5) is 0 Å². The minimum absolute atomic E-state index is 0.428. The monoisotopic (exact) mass is 289 g/mol. The summed E-state index contributed by atoms with van der Waals surface area (Å²) in [5.74, 6) is 0. The highest BCUT2D eigenvalue weighted by Crippen LogP contribution is 2.18. The average Bonchev–Trinajstić information content (AvgIpc) is 2.54. The molecule has 1 saturated heterocycles. The van der Waals surface area contributed by atoms with Crippen molar-refractivity contribution in [2.24, 2.45) is 0 Å². The lowest BCUT2D eigenvalue weighted by Crippen LogP contribution is -2.52. The second kappa shape index (κ2) is 7.92. The first-order valence-electron chi connectivity index (χ1n) is 8.36. The van der Waals surface area contributed by atoms with Crippen LogP contribution >= 0.6 is 0 Å². The van der Waals surface area contributed by atoms with Crippen LogP contribution in [0.2, 0.25) is 0 Å². The van der Waals surface area contributed by atoms with Crippen LogP contribution in [0.1, 0.15) is 37.4 Å². The third-order valence-corrected chi connectivity index (χ3v) is 4.91. The number of benzene rings is 1.